The molecule has 3 N–H and O–H groups in total. The third-order valence-electron chi connectivity index (χ3n) is 15.1. The van der Waals surface area contributed by atoms with Gasteiger partial charge < -0.3 is 20.3 Å². The van der Waals surface area contributed by atoms with Gasteiger partial charge in [-0.3, -0.25) is 28.7 Å². The van der Waals surface area contributed by atoms with Gasteiger partial charge in [0.25, 0.3) is 0 Å². The zero-order chi connectivity index (χ0) is 67.4. The molecule has 0 radical (unpaired) electrons. The first-order chi connectivity index (χ1) is 47.2. The van der Waals surface area contributed by atoms with Crippen LogP contribution in [0, 0.1) is 11.6 Å². The fraction of sp³-hybridized carbons (Fsp3) is 0.0933. The highest BCUT2D eigenvalue weighted by Crippen LogP contribution is 2.39. The number of halogens is 4. The van der Waals surface area contributed by atoms with Crippen molar-refractivity contribution in [2.45, 2.75) is 44.2 Å². The lowest BCUT2D eigenvalue weighted by atomic mass is 10.0. The van der Waals surface area contributed by atoms with E-state index in [0.717, 1.165) is 53.6 Å². The maximum absolute atomic E-state index is 13.5. The number of aliphatic imine (C=N–C) groups is 2. The highest BCUT2D eigenvalue weighted by Gasteiger charge is 2.29. The first kappa shape index (κ1) is 65.1. The van der Waals surface area contributed by atoms with Gasteiger partial charge in [-0.1, -0.05) is 145 Å². The Labute approximate surface area is 563 Å². The van der Waals surface area contributed by atoms with Crippen LogP contribution in [0.3, 0.4) is 0 Å². The van der Waals surface area contributed by atoms with Crippen molar-refractivity contribution in [2.24, 2.45) is 9.98 Å². The van der Waals surface area contributed by atoms with E-state index in [2.05, 4.69) is 30.1 Å². The van der Waals surface area contributed by atoms with Gasteiger partial charge in [0.05, 0.1) is 47.9 Å². The van der Waals surface area contributed by atoms with Crippen molar-refractivity contribution in [2.75, 3.05) is 5.73 Å². The Bertz CT molecular complexity index is 4910. The normalized spacial score (nSPS) is 12.2. The molecular weight excluding hydrogens is 1280 g/mol. The summed E-state index contributed by atoms with van der Waals surface area (Å²) in [6.45, 7) is 0. The summed E-state index contributed by atoms with van der Waals surface area (Å²) in [4.78, 5) is 76.9. The molecule has 97 heavy (non-hydrogen) atoms. The van der Waals surface area contributed by atoms with Gasteiger partial charge in [-0.05, 0) is 98.5 Å². The molecule has 12 aromatic rings. The number of ether oxygens (including phenoxy) is 2. The number of ketones is 1. The molecule has 0 saturated heterocycles. The second-order valence-electron chi connectivity index (χ2n) is 22.2. The zero-order valence-electron chi connectivity index (χ0n) is 51.2. The number of rotatable bonds is 18. The van der Waals surface area contributed by atoms with Crippen molar-refractivity contribution in [3.05, 3.63) is 325 Å². The molecule has 2 fully saturated rings. The number of Topliss-reactive ketones (excluding diaryl/α,β-unsaturated/α-hetero) is 1. The SMILES string of the molecule is Nc1ccc(Oc2ccnc(N=C(c3ccccc3)c3ccccc3)c2Cl)cn1.O=C(Cc1ccc(Oc2ccnc(N=C(c3ccccc3)c3ccccc3)c2Cl)cn1)c1cn(C2CC2)nc(-c2ccc(F)cc2)c1=O.O=C(O)c1cn(C2CC2)nc(-c2ccc(F)cc2)c1=O. The monoisotopic (exact) mass is 1330 g/mol. The number of carboxylic acid groups (broad SMARTS) is 1. The van der Waals surface area contributed by atoms with Crippen molar-refractivity contribution in [3.63, 3.8) is 0 Å². The predicted octanol–water partition coefficient (Wildman–Crippen LogP) is 16.0. The number of carbonyl (C=O) groups is 2. The summed E-state index contributed by atoms with van der Waals surface area (Å²) < 4.78 is 41.5. The van der Waals surface area contributed by atoms with Crippen molar-refractivity contribution < 1.29 is 33.0 Å². The Balaban J connectivity index is 0.000000154. The number of carboxylic acids is 1. The molecule has 6 aromatic heterocycles. The summed E-state index contributed by atoms with van der Waals surface area (Å²) in [7, 11) is 0. The maximum atomic E-state index is 13.5. The molecule has 14 rings (SSSR count). The number of aromatic nitrogens is 8. The Morgan fingerprint density at radius 3 is 1.27 bits per heavy atom. The minimum absolute atomic E-state index is 0.0142. The molecule has 2 saturated carbocycles. The summed E-state index contributed by atoms with van der Waals surface area (Å²) in [5.74, 6) is 0.236. The second kappa shape index (κ2) is 30.0. The molecule has 0 spiro atoms. The first-order valence-electron chi connectivity index (χ1n) is 30.4. The van der Waals surface area contributed by atoms with Gasteiger partial charge in [-0.25, -0.2) is 38.5 Å². The Morgan fingerprint density at radius 1 is 0.505 bits per heavy atom. The Hall–Kier alpha value is -12.0. The van der Waals surface area contributed by atoms with Crippen molar-refractivity contribution in [3.8, 4) is 45.5 Å². The van der Waals surface area contributed by atoms with Crippen LogP contribution in [0.5, 0.6) is 23.0 Å². The molecule has 2 aliphatic carbocycles. The van der Waals surface area contributed by atoms with Crippen LogP contribution in [0.4, 0.5) is 26.2 Å². The van der Waals surface area contributed by atoms with E-state index in [9.17, 15) is 28.0 Å². The van der Waals surface area contributed by atoms with Gasteiger partial charge in [0.2, 0.25) is 10.9 Å². The molecule has 0 amide bonds. The first-order valence-corrected chi connectivity index (χ1v) is 31.2. The lowest BCUT2D eigenvalue weighted by Gasteiger charge is -2.11. The van der Waals surface area contributed by atoms with E-state index in [0.29, 0.717) is 68.0 Å². The third kappa shape index (κ3) is 16.3. The number of nitrogens with two attached hydrogens (primary N) is 1. The molecule has 6 heterocycles. The number of aromatic carboxylic acids is 1. The molecule has 0 unspecified atom stereocenters. The summed E-state index contributed by atoms with van der Waals surface area (Å²) in [6, 6.07) is 60.4. The highest BCUT2D eigenvalue weighted by atomic mass is 35.5. The predicted molar refractivity (Wildman–Crippen MR) is 367 cm³/mol. The molecule has 480 valence electrons. The van der Waals surface area contributed by atoms with E-state index in [1.54, 1.807) is 53.5 Å². The Morgan fingerprint density at radius 2 is 0.897 bits per heavy atom. The van der Waals surface area contributed by atoms with Crippen LogP contribution in [-0.4, -0.2) is 67.8 Å². The lowest BCUT2D eigenvalue weighted by molar-refractivity contribution is 0.0693. The van der Waals surface area contributed by atoms with Crippen LogP contribution in [0.1, 0.15) is 86.4 Å². The van der Waals surface area contributed by atoms with Crippen molar-refractivity contribution in [1.29, 1.82) is 0 Å². The van der Waals surface area contributed by atoms with E-state index in [1.807, 2.05) is 121 Å². The molecule has 0 bridgehead atoms. The summed E-state index contributed by atoms with van der Waals surface area (Å²) in [5, 5.41) is 18.3. The van der Waals surface area contributed by atoms with Gasteiger partial charge >= 0.3 is 5.97 Å². The molecule has 0 atom stereocenters. The fourth-order valence-electron chi connectivity index (χ4n) is 9.89. The number of carbonyl (C=O) groups excluding carboxylic acids is 1. The fourth-order valence-corrected chi connectivity index (χ4v) is 10.3. The van der Waals surface area contributed by atoms with Gasteiger partial charge in [-0.2, -0.15) is 10.2 Å². The lowest BCUT2D eigenvalue weighted by Crippen LogP contribution is -2.23. The van der Waals surface area contributed by atoms with Gasteiger partial charge in [-0.15, -0.1) is 0 Å². The highest BCUT2D eigenvalue weighted by molar-refractivity contribution is 6.35. The quantitative estimate of drug-likeness (QED) is 0.0599. The number of nitrogen functional groups attached to an aromatic ring is 1. The average Bonchev–Trinajstić information content (AvgIpc) is 1.80. The van der Waals surface area contributed by atoms with E-state index in [1.165, 1.54) is 78.0 Å². The smallest absolute Gasteiger partial charge is 0.341 e. The zero-order valence-corrected chi connectivity index (χ0v) is 52.8. The minimum Gasteiger partial charge on any atom is -0.477 e. The molecular formula is C75H55Cl2F2N11O7. The average molecular weight is 1330 g/mol. The van der Waals surface area contributed by atoms with E-state index in [-0.39, 0.29) is 46.0 Å². The molecule has 6 aromatic carbocycles. The Kier molecular flexibility index (Phi) is 20.1. The van der Waals surface area contributed by atoms with Crippen LogP contribution in [0.25, 0.3) is 22.5 Å². The van der Waals surface area contributed by atoms with E-state index >= 15 is 0 Å². The van der Waals surface area contributed by atoms with Crippen LogP contribution in [-0.2, 0) is 6.42 Å². The number of anilines is 1. The van der Waals surface area contributed by atoms with Crippen LogP contribution >= 0.6 is 23.2 Å². The summed E-state index contributed by atoms with van der Waals surface area (Å²) in [6.07, 6.45) is 12.5. The molecule has 18 nitrogen and oxygen atoms in total. The summed E-state index contributed by atoms with van der Waals surface area (Å²) in [5.41, 5.74) is 10.9. The van der Waals surface area contributed by atoms with E-state index in [4.69, 9.17) is 53.5 Å². The van der Waals surface area contributed by atoms with Gasteiger partial charge in [0.1, 0.15) is 55.9 Å². The van der Waals surface area contributed by atoms with Crippen LogP contribution < -0.4 is 26.1 Å². The van der Waals surface area contributed by atoms with Crippen molar-refractivity contribution in [1.82, 2.24) is 39.5 Å². The van der Waals surface area contributed by atoms with Crippen LogP contribution in [0.15, 0.2) is 263 Å². The van der Waals surface area contributed by atoms with Gasteiger partial charge in [0.15, 0.2) is 28.9 Å². The topological polar surface area (TPSA) is 245 Å². The third-order valence-corrected chi connectivity index (χ3v) is 15.8. The van der Waals surface area contributed by atoms with E-state index < -0.39 is 34.2 Å². The number of pyridine rings is 4. The number of benzene rings is 6. The van der Waals surface area contributed by atoms with Crippen molar-refractivity contribution >= 4 is 63.8 Å². The number of hydrogen-bond acceptors (Lipinski definition) is 15. The minimum atomic E-state index is -1.28. The maximum Gasteiger partial charge on any atom is 0.341 e. The largest absolute Gasteiger partial charge is 0.477 e. The summed E-state index contributed by atoms with van der Waals surface area (Å²) >= 11 is 13.3. The molecule has 2 aliphatic rings. The number of hydrogen-bond donors (Lipinski definition) is 2. The van der Waals surface area contributed by atoms with Gasteiger partial charge in [0, 0.05) is 76.0 Å². The molecule has 22 heteroatoms. The number of nitrogens with zero attached hydrogens (tertiary/aromatic N) is 10. The standard InChI is InChI=1S/C38H27ClFN5O3.C23H17ClN4O.C14H11FN2O3/c39-34-33(19-20-41-38(34)43-35(24-7-3-1-4-8-24)25-9-5-2-6-10-25)48-30-18-15-28(42-22-30)21-32(46)31-23-45(29-16-17-29)44-36(37(31)47)26-11-13-27(40)14-12-26;24-21-19(29-18-11-12-20(25)27-15-18)13-14-26-23(21)28-22(16-7-3-1-4-8-16)17-9-5-2-6-10-17;15-9-3-1-8(2-4-9)12-13(18)11(14(19)20)7-17(16-12)10-5-6-10/h1-15,18-20,22-23,29H,16-17,21H2;1-15H,(H2,25,27);1-4,7,10H,5-6H2,(H,19,20). The molecule has 0 aliphatic heterocycles. The van der Waals surface area contributed by atoms with Crippen LogP contribution in [0.2, 0.25) is 10.0 Å². The second-order valence-corrected chi connectivity index (χ2v) is 22.9.